The van der Waals surface area contributed by atoms with Crippen molar-refractivity contribution in [2.45, 2.75) is 58.8 Å². The van der Waals surface area contributed by atoms with E-state index in [1.165, 1.54) is 19.3 Å². The molecule has 0 bridgehead atoms. The Balaban J connectivity index is 1.86. The van der Waals surface area contributed by atoms with Crippen molar-refractivity contribution in [2.75, 3.05) is 6.61 Å². The molecule has 0 radical (unpaired) electrons. The van der Waals surface area contributed by atoms with Gasteiger partial charge in [-0.3, -0.25) is 4.79 Å². The van der Waals surface area contributed by atoms with Gasteiger partial charge in [-0.1, -0.05) is 38.3 Å². The third-order valence-electron chi connectivity index (χ3n) is 4.51. The Kier molecular flexibility index (Phi) is 6.75. The van der Waals surface area contributed by atoms with E-state index in [2.05, 4.69) is 6.92 Å². The summed E-state index contributed by atoms with van der Waals surface area (Å²) in [6.45, 7) is 4.73. The van der Waals surface area contributed by atoms with Crippen molar-refractivity contribution in [3.63, 3.8) is 0 Å². The van der Waals surface area contributed by atoms with E-state index in [9.17, 15) is 4.79 Å². The Morgan fingerprint density at radius 3 is 2.41 bits per heavy atom. The Hall–Kier alpha value is -1.51. The van der Waals surface area contributed by atoms with Gasteiger partial charge in [-0.15, -0.1) is 0 Å². The van der Waals surface area contributed by atoms with Crippen LogP contribution in [0.25, 0.3) is 0 Å². The minimum atomic E-state index is -0.0962. The van der Waals surface area contributed by atoms with Gasteiger partial charge in [0, 0.05) is 0 Å². The predicted octanol–water partition coefficient (Wildman–Crippen LogP) is 4.99. The zero-order valence-corrected chi connectivity index (χ0v) is 13.8. The van der Waals surface area contributed by atoms with Gasteiger partial charge in [0.1, 0.15) is 0 Å². The van der Waals surface area contributed by atoms with Gasteiger partial charge < -0.3 is 9.47 Å². The Morgan fingerprint density at radius 2 is 1.77 bits per heavy atom. The molecule has 1 fully saturated rings. The summed E-state index contributed by atoms with van der Waals surface area (Å²) in [5.41, 5.74) is 0. The zero-order chi connectivity index (χ0) is 15.8. The molecule has 0 amide bonds. The van der Waals surface area contributed by atoms with Crippen LogP contribution < -0.4 is 9.47 Å². The number of ether oxygens (including phenoxy) is 2. The molecule has 0 saturated heterocycles. The van der Waals surface area contributed by atoms with Gasteiger partial charge in [-0.05, 0) is 50.7 Å². The lowest BCUT2D eigenvalue weighted by Gasteiger charge is -2.27. The summed E-state index contributed by atoms with van der Waals surface area (Å²) in [6, 6.07) is 7.40. The van der Waals surface area contributed by atoms with Crippen LogP contribution in [0.4, 0.5) is 0 Å². The van der Waals surface area contributed by atoms with Crippen molar-refractivity contribution in [3.05, 3.63) is 24.3 Å². The van der Waals surface area contributed by atoms with Gasteiger partial charge in [0.25, 0.3) is 0 Å². The summed E-state index contributed by atoms with van der Waals surface area (Å²) in [5.74, 6) is 1.95. The number of esters is 1. The molecule has 0 aromatic heterocycles. The fourth-order valence-corrected chi connectivity index (χ4v) is 3.18. The quantitative estimate of drug-likeness (QED) is 0.526. The van der Waals surface area contributed by atoms with Crippen LogP contribution in [0.15, 0.2) is 24.3 Å². The van der Waals surface area contributed by atoms with Crippen LogP contribution >= 0.6 is 0 Å². The molecule has 1 aliphatic carbocycles. The average Bonchev–Trinajstić information content (AvgIpc) is 2.55. The molecular formula is C19H28O3. The first kappa shape index (κ1) is 16.9. The molecule has 1 aliphatic rings. The molecule has 1 aromatic rings. The summed E-state index contributed by atoms with van der Waals surface area (Å²) in [6.07, 6.45) is 8.12. The largest absolute Gasteiger partial charge is 0.490 e. The van der Waals surface area contributed by atoms with Crippen LogP contribution in [-0.2, 0) is 4.79 Å². The lowest BCUT2D eigenvalue weighted by atomic mass is 9.80. The Morgan fingerprint density at radius 1 is 1.09 bits per heavy atom. The lowest BCUT2D eigenvalue weighted by molar-refractivity contribution is -0.140. The number of unbranched alkanes of at least 4 members (excludes halogenated alkanes) is 1. The highest BCUT2D eigenvalue weighted by Gasteiger charge is 2.27. The number of carbonyl (C=O) groups is 1. The molecule has 2 rings (SSSR count). The van der Waals surface area contributed by atoms with Crippen molar-refractivity contribution in [1.29, 1.82) is 0 Å². The molecular weight excluding hydrogens is 276 g/mol. The molecule has 0 atom stereocenters. The molecule has 0 unspecified atom stereocenters. The van der Waals surface area contributed by atoms with E-state index in [0.29, 0.717) is 18.1 Å². The van der Waals surface area contributed by atoms with Gasteiger partial charge >= 0.3 is 5.97 Å². The molecule has 3 heteroatoms. The van der Waals surface area contributed by atoms with E-state index < -0.39 is 0 Å². The van der Waals surface area contributed by atoms with Crippen LogP contribution in [0.5, 0.6) is 11.5 Å². The topological polar surface area (TPSA) is 35.5 Å². The molecule has 0 spiro atoms. The fourth-order valence-electron chi connectivity index (χ4n) is 3.18. The first-order chi connectivity index (χ1) is 10.7. The maximum atomic E-state index is 12.4. The number of hydrogen-bond acceptors (Lipinski definition) is 3. The van der Waals surface area contributed by atoms with E-state index >= 15 is 0 Å². The first-order valence-electron chi connectivity index (χ1n) is 8.68. The SMILES string of the molecule is CCCCC1CCC(C(=O)Oc2ccccc2OCC)CC1. The minimum Gasteiger partial charge on any atom is -0.490 e. The minimum absolute atomic E-state index is 0.0487. The molecule has 22 heavy (non-hydrogen) atoms. The fraction of sp³-hybridized carbons (Fsp3) is 0.632. The number of hydrogen-bond donors (Lipinski definition) is 0. The maximum Gasteiger partial charge on any atom is 0.314 e. The second kappa shape index (κ2) is 8.82. The standard InChI is InChI=1S/C19H28O3/c1-3-5-8-15-11-13-16(14-12-15)19(20)22-18-10-7-6-9-17(18)21-4-2/h6-7,9-10,15-16H,3-5,8,11-14H2,1-2H3. The Bertz CT molecular complexity index is 462. The number of rotatable bonds is 7. The first-order valence-corrected chi connectivity index (χ1v) is 8.68. The average molecular weight is 304 g/mol. The molecule has 1 aromatic carbocycles. The van der Waals surface area contributed by atoms with Gasteiger partial charge in [-0.2, -0.15) is 0 Å². The van der Waals surface area contributed by atoms with E-state index in [0.717, 1.165) is 31.6 Å². The summed E-state index contributed by atoms with van der Waals surface area (Å²) < 4.78 is 11.1. The highest BCUT2D eigenvalue weighted by molar-refractivity contribution is 5.76. The van der Waals surface area contributed by atoms with Gasteiger partial charge in [0.15, 0.2) is 11.5 Å². The van der Waals surface area contributed by atoms with Crippen molar-refractivity contribution in [1.82, 2.24) is 0 Å². The van der Waals surface area contributed by atoms with E-state index in [1.807, 2.05) is 25.1 Å². The predicted molar refractivity (Wildman–Crippen MR) is 88.2 cm³/mol. The van der Waals surface area contributed by atoms with Crippen molar-refractivity contribution in [3.8, 4) is 11.5 Å². The number of benzene rings is 1. The molecule has 1 saturated carbocycles. The summed E-state index contributed by atoms with van der Waals surface area (Å²) in [4.78, 5) is 12.4. The van der Waals surface area contributed by atoms with Crippen LogP contribution in [0.3, 0.4) is 0 Å². The molecule has 3 nitrogen and oxygen atoms in total. The highest BCUT2D eigenvalue weighted by atomic mass is 16.6. The monoisotopic (exact) mass is 304 g/mol. The third kappa shape index (κ3) is 4.75. The number of carbonyl (C=O) groups excluding carboxylic acids is 1. The van der Waals surface area contributed by atoms with Crippen LogP contribution in [0.1, 0.15) is 58.8 Å². The second-order valence-corrected chi connectivity index (χ2v) is 6.16. The molecule has 0 N–H and O–H groups in total. The molecule has 0 aliphatic heterocycles. The van der Waals surface area contributed by atoms with Crippen molar-refractivity contribution < 1.29 is 14.3 Å². The van der Waals surface area contributed by atoms with E-state index in [1.54, 1.807) is 6.07 Å². The second-order valence-electron chi connectivity index (χ2n) is 6.16. The van der Waals surface area contributed by atoms with Gasteiger partial charge in [-0.25, -0.2) is 0 Å². The van der Waals surface area contributed by atoms with Crippen LogP contribution in [-0.4, -0.2) is 12.6 Å². The van der Waals surface area contributed by atoms with Gasteiger partial charge in [0.05, 0.1) is 12.5 Å². The van der Waals surface area contributed by atoms with Crippen molar-refractivity contribution in [2.24, 2.45) is 11.8 Å². The third-order valence-corrected chi connectivity index (χ3v) is 4.51. The van der Waals surface area contributed by atoms with Gasteiger partial charge in [0.2, 0.25) is 0 Å². The zero-order valence-electron chi connectivity index (χ0n) is 13.8. The smallest absolute Gasteiger partial charge is 0.314 e. The summed E-state index contributed by atoms with van der Waals surface area (Å²) in [5, 5.41) is 0. The maximum absolute atomic E-state index is 12.4. The van der Waals surface area contributed by atoms with Crippen LogP contribution in [0, 0.1) is 11.8 Å². The van der Waals surface area contributed by atoms with E-state index in [4.69, 9.17) is 9.47 Å². The molecule has 122 valence electrons. The van der Waals surface area contributed by atoms with E-state index in [-0.39, 0.29) is 11.9 Å². The molecule has 0 heterocycles. The van der Waals surface area contributed by atoms with Crippen LogP contribution in [0.2, 0.25) is 0 Å². The van der Waals surface area contributed by atoms with Crippen molar-refractivity contribution >= 4 is 5.97 Å². The highest BCUT2D eigenvalue weighted by Crippen LogP contribution is 2.34. The summed E-state index contributed by atoms with van der Waals surface area (Å²) in [7, 11) is 0. The lowest BCUT2D eigenvalue weighted by Crippen LogP contribution is -2.25. The summed E-state index contributed by atoms with van der Waals surface area (Å²) >= 11 is 0. The Labute approximate surface area is 134 Å². The number of para-hydroxylation sites is 2. The normalized spacial score (nSPS) is 21.4.